The Hall–Kier alpha value is -3.97. The maximum Gasteiger partial charge on any atom is 0.331 e. The minimum absolute atomic E-state index is 0.171. The molecule has 0 atom stereocenters. The molecule has 0 aromatic heterocycles. The van der Waals surface area contributed by atoms with Crippen molar-refractivity contribution in [3.8, 4) is 23.0 Å². The van der Waals surface area contributed by atoms with Gasteiger partial charge in [-0.1, -0.05) is 35.9 Å². The molecule has 3 aromatic rings. The molecule has 0 radical (unpaired) electrons. The minimum Gasteiger partial charge on any atom is -0.455 e. The molecule has 0 unspecified atom stereocenters. The van der Waals surface area contributed by atoms with Gasteiger partial charge in [-0.2, -0.15) is 0 Å². The molecule has 0 bridgehead atoms. The van der Waals surface area contributed by atoms with E-state index in [-0.39, 0.29) is 6.79 Å². The van der Waals surface area contributed by atoms with Crippen LogP contribution in [0.5, 0.6) is 23.0 Å². The van der Waals surface area contributed by atoms with E-state index in [0.29, 0.717) is 33.7 Å². The van der Waals surface area contributed by atoms with Crippen molar-refractivity contribution in [1.82, 2.24) is 0 Å². The van der Waals surface area contributed by atoms with Crippen LogP contribution in [0.25, 0.3) is 6.08 Å². The van der Waals surface area contributed by atoms with Crippen LogP contribution in [-0.4, -0.2) is 25.3 Å². The van der Waals surface area contributed by atoms with Gasteiger partial charge in [-0.15, -0.1) is 0 Å². The van der Waals surface area contributed by atoms with Crippen molar-refractivity contribution in [1.29, 1.82) is 0 Å². The van der Waals surface area contributed by atoms with Crippen molar-refractivity contribution in [3.05, 3.63) is 83.4 Å². The summed E-state index contributed by atoms with van der Waals surface area (Å²) in [7, 11) is 0. The molecular formula is C24H18ClNO6. The van der Waals surface area contributed by atoms with Crippen LogP contribution in [0, 0.1) is 0 Å². The number of fused-ring (bicyclic) bond motifs is 1. The lowest BCUT2D eigenvalue weighted by Gasteiger charge is -2.12. The first-order valence-corrected chi connectivity index (χ1v) is 10.0. The summed E-state index contributed by atoms with van der Waals surface area (Å²) in [5.41, 5.74) is 1.09. The maximum atomic E-state index is 12.3. The standard InChI is InChI=1S/C24H18ClNO6/c25-17-8-10-20(32-18-4-2-1-3-5-18)19(13-17)26-23(27)14-29-24(28)11-7-16-6-9-21-22(12-16)31-15-30-21/h1-13H,14-15H2,(H,26,27). The predicted molar refractivity (Wildman–Crippen MR) is 119 cm³/mol. The molecule has 1 heterocycles. The molecule has 1 aliphatic rings. The fraction of sp³-hybridized carbons (Fsp3) is 0.0833. The van der Waals surface area contributed by atoms with E-state index in [1.54, 1.807) is 54.6 Å². The second-order valence-electron chi connectivity index (χ2n) is 6.66. The highest BCUT2D eigenvalue weighted by molar-refractivity contribution is 6.31. The number of esters is 1. The number of halogens is 1. The number of amides is 1. The first-order valence-electron chi connectivity index (χ1n) is 9.63. The first-order chi connectivity index (χ1) is 15.6. The average Bonchev–Trinajstić information content (AvgIpc) is 3.27. The van der Waals surface area contributed by atoms with Gasteiger partial charge in [0.25, 0.3) is 5.91 Å². The van der Waals surface area contributed by atoms with Crippen LogP contribution in [0.15, 0.2) is 72.8 Å². The van der Waals surface area contributed by atoms with Gasteiger partial charge < -0.3 is 24.3 Å². The zero-order chi connectivity index (χ0) is 22.3. The smallest absolute Gasteiger partial charge is 0.331 e. The SMILES string of the molecule is O=C(COC(=O)C=Cc1ccc2c(c1)OCO2)Nc1cc(Cl)ccc1Oc1ccccc1. The van der Waals surface area contributed by atoms with E-state index in [9.17, 15) is 9.59 Å². The Labute approximate surface area is 189 Å². The summed E-state index contributed by atoms with van der Waals surface area (Å²) in [5.74, 6) is 1.07. The number of para-hydroxylation sites is 1. The van der Waals surface area contributed by atoms with Gasteiger partial charge in [0.05, 0.1) is 5.69 Å². The Morgan fingerprint density at radius 3 is 2.66 bits per heavy atom. The third-order valence-corrected chi connectivity index (χ3v) is 4.58. The second-order valence-corrected chi connectivity index (χ2v) is 7.09. The summed E-state index contributed by atoms with van der Waals surface area (Å²) in [6, 6.07) is 19.2. The lowest BCUT2D eigenvalue weighted by atomic mass is 10.2. The lowest BCUT2D eigenvalue weighted by Crippen LogP contribution is -2.20. The quantitative estimate of drug-likeness (QED) is 0.399. The largest absolute Gasteiger partial charge is 0.455 e. The molecule has 8 heteroatoms. The Balaban J connectivity index is 1.32. The molecule has 32 heavy (non-hydrogen) atoms. The Kier molecular flexibility index (Phi) is 6.57. The molecule has 0 fully saturated rings. The molecule has 0 saturated carbocycles. The number of anilines is 1. The van der Waals surface area contributed by atoms with Gasteiger partial charge in [-0.3, -0.25) is 4.79 Å². The van der Waals surface area contributed by atoms with E-state index in [4.69, 9.17) is 30.5 Å². The van der Waals surface area contributed by atoms with Crippen LogP contribution in [-0.2, 0) is 14.3 Å². The van der Waals surface area contributed by atoms with E-state index < -0.39 is 18.5 Å². The van der Waals surface area contributed by atoms with Gasteiger partial charge in [0.2, 0.25) is 6.79 Å². The number of ether oxygens (including phenoxy) is 4. The van der Waals surface area contributed by atoms with Gasteiger partial charge in [-0.05, 0) is 54.1 Å². The van der Waals surface area contributed by atoms with Crippen molar-refractivity contribution < 1.29 is 28.5 Å². The van der Waals surface area contributed by atoms with E-state index >= 15 is 0 Å². The van der Waals surface area contributed by atoms with Crippen LogP contribution in [0.1, 0.15) is 5.56 Å². The van der Waals surface area contributed by atoms with Crippen LogP contribution in [0.3, 0.4) is 0 Å². The molecule has 4 rings (SSSR count). The van der Waals surface area contributed by atoms with Gasteiger partial charge in [0.15, 0.2) is 23.9 Å². The first kappa shape index (κ1) is 21.3. The van der Waals surface area contributed by atoms with Crippen LogP contribution >= 0.6 is 11.6 Å². The van der Waals surface area contributed by atoms with Gasteiger partial charge in [0.1, 0.15) is 5.75 Å². The van der Waals surface area contributed by atoms with Gasteiger partial charge in [-0.25, -0.2) is 4.79 Å². The maximum absolute atomic E-state index is 12.3. The van der Waals surface area contributed by atoms with E-state index in [1.165, 1.54) is 6.08 Å². The van der Waals surface area contributed by atoms with Crippen LogP contribution < -0.4 is 19.5 Å². The number of benzene rings is 3. The van der Waals surface area contributed by atoms with Crippen LogP contribution in [0.2, 0.25) is 5.02 Å². The molecule has 0 spiro atoms. The van der Waals surface area contributed by atoms with Gasteiger partial charge in [0, 0.05) is 11.1 Å². The van der Waals surface area contributed by atoms with Crippen LogP contribution in [0.4, 0.5) is 5.69 Å². The van der Waals surface area contributed by atoms with Crippen molar-refractivity contribution in [2.75, 3.05) is 18.7 Å². The molecule has 0 saturated heterocycles. The molecule has 0 aliphatic carbocycles. The highest BCUT2D eigenvalue weighted by atomic mass is 35.5. The average molecular weight is 452 g/mol. The van der Waals surface area contributed by atoms with Crippen molar-refractivity contribution in [2.24, 2.45) is 0 Å². The summed E-state index contributed by atoms with van der Waals surface area (Å²) in [6.07, 6.45) is 2.79. The summed E-state index contributed by atoms with van der Waals surface area (Å²) in [6.45, 7) is -0.300. The van der Waals surface area contributed by atoms with Gasteiger partial charge >= 0.3 is 5.97 Å². The van der Waals surface area contributed by atoms with Crippen molar-refractivity contribution >= 4 is 35.2 Å². The molecule has 7 nitrogen and oxygen atoms in total. The number of carbonyl (C=O) groups is 2. The Morgan fingerprint density at radius 2 is 1.81 bits per heavy atom. The molecule has 1 N–H and O–H groups in total. The lowest BCUT2D eigenvalue weighted by molar-refractivity contribution is -0.142. The number of hydrogen-bond acceptors (Lipinski definition) is 6. The summed E-state index contributed by atoms with van der Waals surface area (Å²) in [4.78, 5) is 24.3. The van der Waals surface area contributed by atoms with Crippen molar-refractivity contribution in [3.63, 3.8) is 0 Å². The fourth-order valence-electron chi connectivity index (χ4n) is 2.86. The summed E-state index contributed by atoms with van der Waals surface area (Å²) in [5, 5.41) is 3.07. The number of rotatable bonds is 7. The van der Waals surface area contributed by atoms with E-state index in [1.807, 2.05) is 18.2 Å². The number of hydrogen-bond donors (Lipinski definition) is 1. The topological polar surface area (TPSA) is 83.1 Å². The molecule has 1 aliphatic heterocycles. The highest BCUT2D eigenvalue weighted by Crippen LogP contribution is 2.33. The molecule has 1 amide bonds. The zero-order valence-corrected chi connectivity index (χ0v) is 17.5. The van der Waals surface area contributed by atoms with E-state index in [2.05, 4.69) is 5.32 Å². The molecule has 162 valence electrons. The normalized spacial score (nSPS) is 11.9. The third-order valence-electron chi connectivity index (χ3n) is 4.34. The zero-order valence-electron chi connectivity index (χ0n) is 16.7. The minimum atomic E-state index is -0.662. The van der Waals surface area contributed by atoms with Crippen molar-refractivity contribution in [2.45, 2.75) is 0 Å². The summed E-state index contributed by atoms with van der Waals surface area (Å²) < 4.78 is 21.3. The predicted octanol–water partition coefficient (Wildman–Crippen LogP) is 5.06. The highest BCUT2D eigenvalue weighted by Gasteiger charge is 2.13. The number of nitrogens with one attached hydrogen (secondary N) is 1. The molecule has 3 aromatic carbocycles. The van der Waals surface area contributed by atoms with E-state index in [0.717, 1.165) is 5.56 Å². The summed E-state index contributed by atoms with van der Waals surface area (Å²) >= 11 is 6.05. The third kappa shape index (κ3) is 5.59. The fourth-order valence-corrected chi connectivity index (χ4v) is 3.03. The monoisotopic (exact) mass is 451 g/mol. The number of carbonyl (C=O) groups excluding carboxylic acids is 2. The second kappa shape index (κ2) is 9.89. The Morgan fingerprint density at radius 1 is 1.00 bits per heavy atom. The molecular weight excluding hydrogens is 434 g/mol. The Bertz CT molecular complexity index is 1160.